The molecule has 1 aromatic rings. The summed E-state index contributed by atoms with van der Waals surface area (Å²) < 4.78 is 1.56. The van der Waals surface area contributed by atoms with Crippen LogP contribution in [-0.4, -0.2) is 20.9 Å². The van der Waals surface area contributed by atoms with E-state index in [2.05, 4.69) is 5.10 Å². The predicted octanol–water partition coefficient (Wildman–Crippen LogP) is 0.861. The molecule has 0 saturated heterocycles. The molecule has 82 valence electrons. The molecule has 0 spiro atoms. The normalized spacial score (nSPS) is 17.1. The first-order valence-corrected chi connectivity index (χ1v) is 4.98. The number of nitrogens with two attached hydrogens (primary N) is 2. The Balaban J connectivity index is 2.40. The molecule has 0 atom stereocenters. The zero-order valence-electron chi connectivity index (χ0n) is 8.31. The largest absolute Gasteiger partial charge is 0.477 e. The van der Waals surface area contributed by atoms with E-state index in [0.29, 0.717) is 0 Å². The van der Waals surface area contributed by atoms with Gasteiger partial charge >= 0.3 is 5.97 Å². The molecule has 1 aromatic heterocycles. The molecule has 6 nitrogen and oxygen atoms in total. The second kappa shape index (κ2) is 3.45. The quantitative estimate of drug-likeness (QED) is 0.671. The maximum Gasteiger partial charge on any atom is 0.343 e. The van der Waals surface area contributed by atoms with E-state index in [9.17, 15) is 4.79 Å². The fraction of sp³-hybridized carbons (Fsp3) is 0.556. The van der Waals surface area contributed by atoms with Crippen molar-refractivity contribution in [3.8, 4) is 0 Å². The third kappa shape index (κ3) is 1.51. The SMILES string of the molecule is Nc1nn(C2CCCC2)c(N)c1C(=O)O. The Bertz CT molecular complexity index is 393. The highest BCUT2D eigenvalue weighted by Gasteiger charge is 2.25. The van der Waals surface area contributed by atoms with Gasteiger partial charge in [-0.3, -0.25) is 0 Å². The lowest BCUT2D eigenvalue weighted by Gasteiger charge is -2.11. The van der Waals surface area contributed by atoms with Crippen LogP contribution in [0.4, 0.5) is 11.6 Å². The topological polar surface area (TPSA) is 107 Å². The molecule has 0 bridgehead atoms. The van der Waals surface area contributed by atoms with Crippen LogP contribution in [0.1, 0.15) is 42.1 Å². The molecule has 5 N–H and O–H groups in total. The molecule has 1 fully saturated rings. The minimum Gasteiger partial charge on any atom is -0.477 e. The molecule has 1 aliphatic rings. The van der Waals surface area contributed by atoms with Gasteiger partial charge in [-0.15, -0.1) is 0 Å². The third-order valence-corrected chi connectivity index (χ3v) is 2.86. The summed E-state index contributed by atoms with van der Waals surface area (Å²) in [5.41, 5.74) is 11.2. The van der Waals surface area contributed by atoms with E-state index < -0.39 is 5.97 Å². The van der Waals surface area contributed by atoms with Gasteiger partial charge in [-0.2, -0.15) is 5.10 Å². The summed E-state index contributed by atoms with van der Waals surface area (Å²) in [6.07, 6.45) is 4.24. The number of nitrogen functional groups attached to an aromatic ring is 2. The summed E-state index contributed by atoms with van der Waals surface area (Å²) in [6, 6.07) is 0.209. The molecule has 1 heterocycles. The maximum absolute atomic E-state index is 10.9. The van der Waals surface area contributed by atoms with Crippen LogP contribution >= 0.6 is 0 Å². The summed E-state index contributed by atoms with van der Waals surface area (Å²) in [6.45, 7) is 0. The third-order valence-electron chi connectivity index (χ3n) is 2.86. The average molecular weight is 210 g/mol. The van der Waals surface area contributed by atoms with Gasteiger partial charge in [-0.05, 0) is 12.8 Å². The number of rotatable bonds is 2. The summed E-state index contributed by atoms with van der Waals surface area (Å²) in [5.74, 6) is -0.937. The summed E-state index contributed by atoms with van der Waals surface area (Å²) in [7, 11) is 0. The number of aromatic carboxylic acids is 1. The van der Waals surface area contributed by atoms with Crippen LogP contribution < -0.4 is 11.5 Å². The molecule has 0 radical (unpaired) electrons. The van der Waals surface area contributed by atoms with Crippen molar-refractivity contribution in [3.05, 3.63) is 5.56 Å². The van der Waals surface area contributed by atoms with E-state index in [1.54, 1.807) is 4.68 Å². The second-order valence-corrected chi connectivity index (χ2v) is 3.83. The van der Waals surface area contributed by atoms with Crippen molar-refractivity contribution in [2.75, 3.05) is 11.5 Å². The number of aromatic nitrogens is 2. The standard InChI is InChI=1S/C9H14N4O2/c10-7-6(9(14)15)8(11)13(12-7)5-3-1-2-4-5/h5H,1-4,11H2,(H2,10,12)(H,14,15). The smallest absolute Gasteiger partial charge is 0.343 e. The fourth-order valence-electron chi connectivity index (χ4n) is 2.11. The first-order chi connectivity index (χ1) is 7.11. The Kier molecular flexibility index (Phi) is 2.26. The first kappa shape index (κ1) is 9.82. The van der Waals surface area contributed by atoms with Gasteiger partial charge in [-0.25, -0.2) is 9.48 Å². The molecule has 2 rings (SSSR count). The van der Waals surface area contributed by atoms with Crippen molar-refractivity contribution in [2.24, 2.45) is 0 Å². The van der Waals surface area contributed by atoms with Crippen LogP contribution in [0.15, 0.2) is 0 Å². The molecule has 1 saturated carbocycles. The summed E-state index contributed by atoms with van der Waals surface area (Å²) >= 11 is 0. The van der Waals surface area contributed by atoms with Crippen molar-refractivity contribution in [2.45, 2.75) is 31.7 Å². The second-order valence-electron chi connectivity index (χ2n) is 3.83. The molecular weight excluding hydrogens is 196 g/mol. The molecular formula is C9H14N4O2. The summed E-state index contributed by atoms with van der Waals surface area (Å²) in [4.78, 5) is 10.9. The van der Waals surface area contributed by atoms with E-state index in [1.165, 1.54) is 0 Å². The number of anilines is 2. The first-order valence-electron chi connectivity index (χ1n) is 4.98. The van der Waals surface area contributed by atoms with Gasteiger partial charge in [0.2, 0.25) is 0 Å². The number of hydrogen-bond acceptors (Lipinski definition) is 4. The Morgan fingerprint density at radius 2 is 2.00 bits per heavy atom. The molecule has 0 amide bonds. The molecule has 0 aliphatic heterocycles. The molecule has 0 unspecified atom stereocenters. The highest BCUT2D eigenvalue weighted by Crippen LogP contribution is 2.33. The van der Waals surface area contributed by atoms with Crippen LogP contribution in [0.5, 0.6) is 0 Å². The van der Waals surface area contributed by atoms with Crippen molar-refractivity contribution >= 4 is 17.6 Å². The van der Waals surface area contributed by atoms with Gasteiger partial charge in [0, 0.05) is 0 Å². The van der Waals surface area contributed by atoms with Gasteiger partial charge < -0.3 is 16.6 Å². The monoisotopic (exact) mass is 210 g/mol. The Hall–Kier alpha value is -1.72. The predicted molar refractivity (Wildman–Crippen MR) is 55.5 cm³/mol. The minimum absolute atomic E-state index is 0.00639. The van der Waals surface area contributed by atoms with Gasteiger partial charge in [-0.1, -0.05) is 12.8 Å². The average Bonchev–Trinajstić information content (AvgIpc) is 2.72. The molecule has 15 heavy (non-hydrogen) atoms. The zero-order chi connectivity index (χ0) is 11.0. The van der Waals surface area contributed by atoms with Crippen molar-refractivity contribution in [1.29, 1.82) is 0 Å². The van der Waals surface area contributed by atoms with Crippen molar-refractivity contribution in [1.82, 2.24) is 9.78 Å². The maximum atomic E-state index is 10.9. The molecule has 6 heteroatoms. The van der Waals surface area contributed by atoms with E-state index in [0.717, 1.165) is 25.7 Å². The van der Waals surface area contributed by atoms with Gasteiger partial charge in [0.15, 0.2) is 5.82 Å². The van der Waals surface area contributed by atoms with Crippen molar-refractivity contribution in [3.63, 3.8) is 0 Å². The number of carboxylic acid groups (broad SMARTS) is 1. The lowest BCUT2D eigenvalue weighted by Crippen LogP contribution is -2.11. The summed E-state index contributed by atoms with van der Waals surface area (Å²) in [5, 5.41) is 12.9. The van der Waals surface area contributed by atoms with E-state index in [-0.39, 0.29) is 23.2 Å². The number of hydrogen-bond donors (Lipinski definition) is 3. The Labute approximate surface area is 86.9 Å². The van der Waals surface area contributed by atoms with Crippen LogP contribution in [0.3, 0.4) is 0 Å². The van der Waals surface area contributed by atoms with Gasteiger partial charge in [0.05, 0.1) is 6.04 Å². The van der Waals surface area contributed by atoms with Crippen LogP contribution in [-0.2, 0) is 0 Å². The van der Waals surface area contributed by atoms with E-state index >= 15 is 0 Å². The lowest BCUT2D eigenvalue weighted by atomic mass is 10.2. The van der Waals surface area contributed by atoms with E-state index in [1.807, 2.05) is 0 Å². The number of carbonyl (C=O) groups is 1. The Morgan fingerprint density at radius 3 is 2.47 bits per heavy atom. The number of nitrogens with zero attached hydrogens (tertiary/aromatic N) is 2. The molecule has 0 aromatic carbocycles. The molecule has 1 aliphatic carbocycles. The van der Waals surface area contributed by atoms with Gasteiger partial charge in [0.1, 0.15) is 11.4 Å². The number of carboxylic acids is 1. The van der Waals surface area contributed by atoms with Crippen LogP contribution in [0.2, 0.25) is 0 Å². The Morgan fingerprint density at radius 1 is 1.40 bits per heavy atom. The fourth-order valence-corrected chi connectivity index (χ4v) is 2.11. The highest BCUT2D eigenvalue weighted by molar-refractivity contribution is 5.97. The van der Waals surface area contributed by atoms with Gasteiger partial charge in [0.25, 0.3) is 0 Å². The van der Waals surface area contributed by atoms with Crippen LogP contribution in [0.25, 0.3) is 0 Å². The minimum atomic E-state index is -1.12. The van der Waals surface area contributed by atoms with Crippen LogP contribution in [0, 0.1) is 0 Å². The lowest BCUT2D eigenvalue weighted by molar-refractivity contribution is 0.0699. The zero-order valence-corrected chi connectivity index (χ0v) is 8.31. The highest BCUT2D eigenvalue weighted by atomic mass is 16.4. The van der Waals surface area contributed by atoms with Crippen molar-refractivity contribution < 1.29 is 9.90 Å². The van der Waals surface area contributed by atoms with E-state index in [4.69, 9.17) is 16.6 Å².